The number of ether oxygens (including phenoxy) is 2. The first-order valence-electron chi connectivity index (χ1n) is 7.78. The van der Waals surface area contributed by atoms with Crippen molar-refractivity contribution in [3.63, 3.8) is 0 Å². The molecular weight excluding hydrogens is 324 g/mol. The highest BCUT2D eigenvalue weighted by atomic mass is 32.1. The van der Waals surface area contributed by atoms with Crippen LogP contribution in [-0.2, 0) is 6.54 Å². The number of aryl methyl sites for hydroxylation is 2. The number of rotatable bonds is 6. The topological polar surface area (TPSA) is 67.8 Å². The molecule has 2 N–H and O–H groups in total. The van der Waals surface area contributed by atoms with E-state index in [1.165, 1.54) is 4.88 Å². The Morgan fingerprint density at radius 3 is 2.67 bits per heavy atom. The van der Waals surface area contributed by atoms with Gasteiger partial charge in [0.25, 0.3) is 0 Å². The second kappa shape index (κ2) is 8.54. The van der Waals surface area contributed by atoms with Gasteiger partial charge in [-0.1, -0.05) is 0 Å². The summed E-state index contributed by atoms with van der Waals surface area (Å²) in [5.74, 6) is 2.10. The Labute approximate surface area is 146 Å². The lowest BCUT2D eigenvalue weighted by atomic mass is 10.2. The highest BCUT2D eigenvalue weighted by molar-refractivity contribution is 7.11. The van der Waals surface area contributed by atoms with Crippen molar-refractivity contribution in [1.82, 2.24) is 10.3 Å². The first-order valence-corrected chi connectivity index (χ1v) is 8.60. The van der Waals surface area contributed by atoms with Crippen molar-refractivity contribution >= 4 is 23.0 Å². The third-order valence-corrected chi connectivity index (χ3v) is 4.44. The lowest BCUT2D eigenvalue weighted by molar-refractivity contribution is 0.311. The molecule has 0 radical (unpaired) electrons. The molecule has 0 aliphatic rings. The van der Waals surface area contributed by atoms with Gasteiger partial charge in [0, 0.05) is 23.7 Å². The van der Waals surface area contributed by atoms with Crippen LogP contribution in [-0.4, -0.2) is 31.7 Å². The van der Waals surface area contributed by atoms with Gasteiger partial charge in [0.2, 0.25) is 0 Å². The first kappa shape index (κ1) is 18.1. The van der Waals surface area contributed by atoms with Gasteiger partial charge in [-0.2, -0.15) is 0 Å². The highest BCUT2D eigenvalue weighted by Crippen LogP contribution is 2.30. The zero-order valence-corrected chi connectivity index (χ0v) is 15.6. The van der Waals surface area contributed by atoms with Crippen LogP contribution in [0.1, 0.15) is 22.5 Å². The normalized spacial score (nSPS) is 11.3. The summed E-state index contributed by atoms with van der Waals surface area (Å²) in [5, 5.41) is 7.63. The van der Waals surface area contributed by atoms with E-state index in [2.05, 4.69) is 20.6 Å². The van der Waals surface area contributed by atoms with Crippen molar-refractivity contribution < 1.29 is 9.47 Å². The molecule has 0 aliphatic heterocycles. The van der Waals surface area contributed by atoms with Gasteiger partial charge in [0.15, 0.2) is 17.5 Å². The van der Waals surface area contributed by atoms with E-state index in [4.69, 9.17) is 9.47 Å². The molecule has 0 unspecified atom stereocenters. The van der Waals surface area contributed by atoms with Crippen LogP contribution in [0.4, 0.5) is 5.69 Å². The van der Waals surface area contributed by atoms with E-state index in [-0.39, 0.29) is 0 Å². The van der Waals surface area contributed by atoms with E-state index in [1.54, 1.807) is 25.5 Å². The summed E-state index contributed by atoms with van der Waals surface area (Å²) in [6, 6.07) is 5.71. The van der Waals surface area contributed by atoms with Crippen molar-refractivity contribution in [3.05, 3.63) is 33.8 Å². The fraction of sp³-hybridized carbons (Fsp3) is 0.412. The SMILES string of the molecule is CCOc1ccc(NC(=NC)NCc2sc(C)nc2C)cc1OC. The van der Waals surface area contributed by atoms with Gasteiger partial charge in [0.1, 0.15) is 0 Å². The molecule has 1 heterocycles. The smallest absolute Gasteiger partial charge is 0.195 e. The van der Waals surface area contributed by atoms with E-state index in [0.717, 1.165) is 22.1 Å². The molecule has 24 heavy (non-hydrogen) atoms. The fourth-order valence-electron chi connectivity index (χ4n) is 2.24. The molecule has 2 aromatic rings. The van der Waals surface area contributed by atoms with Crippen LogP contribution >= 0.6 is 11.3 Å². The Morgan fingerprint density at radius 2 is 2.08 bits per heavy atom. The summed E-state index contributed by atoms with van der Waals surface area (Å²) >= 11 is 1.69. The summed E-state index contributed by atoms with van der Waals surface area (Å²) in [4.78, 5) is 9.90. The second-order valence-electron chi connectivity index (χ2n) is 5.09. The van der Waals surface area contributed by atoms with Gasteiger partial charge in [-0.05, 0) is 32.9 Å². The molecule has 130 valence electrons. The Balaban J connectivity index is 2.03. The molecule has 1 aromatic heterocycles. The predicted octanol–water partition coefficient (Wildman–Crippen LogP) is 3.35. The maximum Gasteiger partial charge on any atom is 0.195 e. The number of methoxy groups -OCH3 is 1. The van der Waals surface area contributed by atoms with Crippen LogP contribution in [0.5, 0.6) is 11.5 Å². The van der Waals surface area contributed by atoms with E-state index < -0.39 is 0 Å². The van der Waals surface area contributed by atoms with E-state index >= 15 is 0 Å². The van der Waals surface area contributed by atoms with Gasteiger partial charge >= 0.3 is 0 Å². The van der Waals surface area contributed by atoms with Gasteiger partial charge < -0.3 is 20.1 Å². The van der Waals surface area contributed by atoms with Gasteiger partial charge in [0.05, 0.1) is 31.0 Å². The van der Waals surface area contributed by atoms with Crippen molar-refractivity contribution in [2.45, 2.75) is 27.3 Å². The Kier molecular flexibility index (Phi) is 6.43. The minimum absolute atomic E-state index is 0.597. The molecule has 1 aromatic carbocycles. The van der Waals surface area contributed by atoms with Crippen molar-refractivity contribution in [2.24, 2.45) is 4.99 Å². The fourth-order valence-corrected chi connectivity index (χ4v) is 3.11. The summed E-state index contributed by atoms with van der Waals surface area (Å²) in [6.07, 6.45) is 0. The summed E-state index contributed by atoms with van der Waals surface area (Å²) < 4.78 is 10.9. The average molecular weight is 348 g/mol. The minimum atomic E-state index is 0.597. The molecule has 0 saturated heterocycles. The Bertz CT molecular complexity index is 713. The van der Waals surface area contributed by atoms with Crippen molar-refractivity contribution in [2.75, 3.05) is 26.1 Å². The molecule has 0 fully saturated rings. The van der Waals surface area contributed by atoms with Crippen LogP contribution in [0, 0.1) is 13.8 Å². The molecule has 0 amide bonds. The Hall–Kier alpha value is -2.28. The number of aromatic nitrogens is 1. The lowest BCUT2D eigenvalue weighted by Gasteiger charge is -2.14. The predicted molar refractivity (Wildman–Crippen MR) is 99.6 cm³/mol. The largest absolute Gasteiger partial charge is 0.493 e. The first-order chi connectivity index (χ1) is 11.6. The minimum Gasteiger partial charge on any atom is -0.493 e. The summed E-state index contributed by atoms with van der Waals surface area (Å²) in [7, 11) is 3.37. The standard InChI is InChI=1S/C17H24N4O2S/c1-6-23-14-8-7-13(9-15(14)22-5)21-17(18-4)19-10-16-11(2)20-12(3)24-16/h7-9H,6,10H2,1-5H3,(H2,18,19,21). The summed E-state index contributed by atoms with van der Waals surface area (Å²) in [6.45, 7) is 7.26. The number of guanidine groups is 1. The maximum atomic E-state index is 5.53. The van der Waals surface area contributed by atoms with Gasteiger partial charge in [-0.15, -0.1) is 11.3 Å². The molecule has 6 nitrogen and oxygen atoms in total. The van der Waals surface area contributed by atoms with E-state index in [0.29, 0.717) is 24.9 Å². The summed E-state index contributed by atoms with van der Waals surface area (Å²) in [5.41, 5.74) is 1.93. The number of hydrogen-bond acceptors (Lipinski definition) is 5. The average Bonchev–Trinajstić information content (AvgIpc) is 2.90. The molecule has 0 spiro atoms. The molecule has 0 aliphatic carbocycles. The quantitative estimate of drug-likeness (QED) is 0.619. The number of anilines is 1. The molecule has 0 atom stereocenters. The molecule has 7 heteroatoms. The number of thiazole rings is 1. The van der Waals surface area contributed by atoms with Gasteiger partial charge in [-0.3, -0.25) is 4.99 Å². The van der Waals surface area contributed by atoms with E-state index in [9.17, 15) is 0 Å². The molecule has 0 bridgehead atoms. The van der Waals surface area contributed by atoms with Crippen molar-refractivity contribution in [3.8, 4) is 11.5 Å². The highest BCUT2D eigenvalue weighted by Gasteiger charge is 2.08. The lowest BCUT2D eigenvalue weighted by Crippen LogP contribution is -2.30. The Morgan fingerprint density at radius 1 is 1.29 bits per heavy atom. The molecule has 2 rings (SSSR count). The monoisotopic (exact) mass is 348 g/mol. The molecule has 0 saturated carbocycles. The van der Waals surface area contributed by atoms with E-state index in [1.807, 2.05) is 39.0 Å². The number of hydrogen-bond donors (Lipinski definition) is 2. The zero-order chi connectivity index (χ0) is 17.5. The van der Waals surface area contributed by atoms with Crippen LogP contribution < -0.4 is 20.1 Å². The third-order valence-electron chi connectivity index (χ3n) is 3.37. The third kappa shape index (κ3) is 4.61. The maximum absolute atomic E-state index is 5.53. The van der Waals surface area contributed by atoms with Gasteiger partial charge in [-0.25, -0.2) is 4.98 Å². The number of nitrogens with one attached hydrogen (secondary N) is 2. The van der Waals surface area contributed by atoms with Crippen LogP contribution in [0.2, 0.25) is 0 Å². The zero-order valence-electron chi connectivity index (χ0n) is 14.8. The number of benzene rings is 1. The molecular formula is C17H24N4O2S. The van der Waals surface area contributed by atoms with Crippen LogP contribution in [0.15, 0.2) is 23.2 Å². The van der Waals surface area contributed by atoms with Crippen molar-refractivity contribution in [1.29, 1.82) is 0 Å². The number of nitrogens with zero attached hydrogens (tertiary/aromatic N) is 2. The van der Waals surface area contributed by atoms with Crippen LogP contribution in [0.25, 0.3) is 0 Å². The van der Waals surface area contributed by atoms with Crippen LogP contribution in [0.3, 0.4) is 0 Å². The number of aliphatic imine (C=N–C) groups is 1. The second-order valence-corrected chi connectivity index (χ2v) is 6.38.